The molecular weight excluding hydrogens is 373 g/mol. The highest BCUT2D eigenvalue weighted by Crippen LogP contribution is 2.25. The molecule has 0 bridgehead atoms. The van der Waals surface area contributed by atoms with Gasteiger partial charge in [-0.3, -0.25) is 4.79 Å². The quantitative estimate of drug-likeness (QED) is 0.612. The van der Waals surface area contributed by atoms with Crippen LogP contribution >= 0.6 is 35.0 Å². The number of hydrogen-bond donors (Lipinski definition) is 1. The standard InChI is InChI=1S/C20H23Cl2NOS/c1-4-19(16-7-5-13(2)14(3)9-16)23-20(24)12-25-11-15-6-8-17(21)18(22)10-15/h5-10,19H,4,11-12H2,1-3H3,(H,23,24)/t19-/m0/s1. The predicted molar refractivity (Wildman–Crippen MR) is 110 cm³/mol. The minimum Gasteiger partial charge on any atom is -0.349 e. The van der Waals surface area contributed by atoms with Crippen LogP contribution < -0.4 is 5.32 Å². The van der Waals surface area contributed by atoms with Gasteiger partial charge in [0.05, 0.1) is 21.8 Å². The Balaban J connectivity index is 1.87. The molecule has 1 amide bonds. The van der Waals surface area contributed by atoms with E-state index in [1.807, 2.05) is 12.1 Å². The summed E-state index contributed by atoms with van der Waals surface area (Å²) in [6.45, 7) is 6.28. The summed E-state index contributed by atoms with van der Waals surface area (Å²) < 4.78 is 0. The van der Waals surface area contributed by atoms with Crippen molar-refractivity contribution in [2.75, 3.05) is 5.75 Å². The third kappa shape index (κ3) is 5.95. The van der Waals surface area contributed by atoms with Crippen LogP contribution in [0, 0.1) is 13.8 Å². The Morgan fingerprint density at radius 1 is 1.08 bits per heavy atom. The van der Waals surface area contributed by atoms with E-state index in [9.17, 15) is 4.79 Å². The van der Waals surface area contributed by atoms with Crippen LogP contribution in [0.1, 0.15) is 41.6 Å². The highest BCUT2D eigenvalue weighted by molar-refractivity contribution is 7.99. The van der Waals surface area contributed by atoms with Gasteiger partial charge in [0.1, 0.15) is 0 Å². The van der Waals surface area contributed by atoms with E-state index in [0.717, 1.165) is 23.3 Å². The molecule has 0 unspecified atom stereocenters. The molecule has 0 aliphatic rings. The molecule has 2 aromatic carbocycles. The summed E-state index contributed by atoms with van der Waals surface area (Å²) in [7, 11) is 0. The number of carbonyl (C=O) groups is 1. The monoisotopic (exact) mass is 395 g/mol. The Kier molecular flexibility index (Phi) is 7.67. The van der Waals surface area contributed by atoms with E-state index >= 15 is 0 Å². The van der Waals surface area contributed by atoms with Gasteiger partial charge in [0, 0.05) is 5.75 Å². The fourth-order valence-corrected chi connectivity index (χ4v) is 3.64. The summed E-state index contributed by atoms with van der Waals surface area (Å²) in [6.07, 6.45) is 0.867. The highest BCUT2D eigenvalue weighted by Gasteiger charge is 2.13. The van der Waals surface area contributed by atoms with Crippen molar-refractivity contribution in [1.82, 2.24) is 5.32 Å². The summed E-state index contributed by atoms with van der Waals surface area (Å²) in [5, 5.41) is 4.22. The Bertz CT molecular complexity index is 748. The zero-order chi connectivity index (χ0) is 18.4. The predicted octanol–water partition coefficient (Wildman–Crippen LogP) is 6.11. The van der Waals surface area contributed by atoms with E-state index < -0.39 is 0 Å². The Morgan fingerprint density at radius 2 is 1.84 bits per heavy atom. The summed E-state index contributed by atoms with van der Waals surface area (Å²) >= 11 is 13.5. The van der Waals surface area contributed by atoms with Crippen LogP contribution in [0.4, 0.5) is 0 Å². The maximum atomic E-state index is 12.3. The topological polar surface area (TPSA) is 29.1 Å². The van der Waals surface area contributed by atoms with E-state index in [0.29, 0.717) is 15.8 Å². The summed E-state index contributed by atoms with van der Waals surface area (Å²) in [6, 6.07) is 12.0. The number of benzene rings is 2. The van der Waals surface area contributed by atoms with E-state index in [4.69, 9.17) is 23.2 Å². The summed E-state index contributed by atoms with van der Waals surface area (Å²) in [4.78, 5) is 12.3. The third-order valence-electron chi connectivity index (χ3n) is 4.16. The smallest absolute Gasteiger partial charge is 0.230 e. The first kappa shape index (κ1) is 20.2. The van der Waals surface area contributed by atoms with Crippen LogP contribution in [-0.4, -0.2) is 11.7 Å². The zero-order valence-electron chi connectivity index (χ0n) is 14.7. The summed E-state index contributed by atoms with van der Waals surface area (Å²) in [5.74, 6) is 1.20. The summed E-state index contributed by atoms with van der Waals surface area (Å²) in [5.41, 5.74) is 4.74. The second kappa shape index (κ2) is 9.51. The van der Waals surface area contributed by atoms with Crippen LogP contribution in [0.5, 0.6) is 0 Å². The van der Waals surface area contributed by atoms with Crippen LogP contribution in [0.25, 0.3) is 0 Å². The molecule has 2 aromatic rings. The Hall–Kier alpha value is -1.16. The number of amides is 1. The third-order valence-corrected chi connectivity index (χ3v) is 5.91. The minimum absolute atomic E-state index is 0.0511. The number of halogens is 2. The average molecular weight is 396 g/mol. The maximum absolute atomic E-state index is 12.3. The number of nitrogens with one attached hydrogen (secondary N) is 1. The van der Waals surface area contributed by atoms with Gasteiger partial charge in [-0.15, -0.1) is 11.8 Å². The van der Waals surface area contributed by atoms with Crippen LogP contribution in [0.2, 0.25) is 10.0 Å². The first-order chi connectivity index (χ1) is 11.9. The lowest BCUT2D eigenvalue weighted by molar-refractivity contribution is -0.119. The number of rotatable bonds is 7. The fraction of sp³-hybridized carbons (Fsp3) is 0.350. The first-order valence-electron chi connectivity index (χ1n) is 8.29. The molecule has 0 aromatic heterocycles. The molecule has 2 rings (SSSR count). The van der Waals surface area contributed by atoms with Crippen molar-refractivity contribution in [2.24, 2.45) is 0 Å². The molecule has 0 aliphatic heterocycles. The molecule has 25 heavy (non-hydrogen) atoms. The number of hydrogen-bond acceptors (Lipinski definition) is 2. The fourth-order valence-electron chi connectivity index (χ4n) is 2.53. The second-order valence-corrected chi connectivity index (χ2v) is 7.91. The van der Waals surface area contributed by atoms with Gasteiger partial charge >= 0.3 is 0 Å². The highest BCUT2D eigenvalue weighted by atomic mass is 35.5. The molecule has 0 aliphatic carbocycles. The van der Waals surface area contributed by atoms with Gasteiger partial charge in [0.25, 0.3) is 0 Å². The lowest BCUT2D eigenvalue weighted by Crippen LogP contribution is -2.29. The van der Waals surface area contributed by atoms with Crippen molar-refractivity contribution in [1.29, 1.82) is 0 Å². The molecule has 5 heteroatoms. The molecule has 0 heterocycles. The molecule has 2 nitrogen and oxygen atoms in total. The number of thioether (sulfide) groups is 1. The molecule has 1 atom stereocenters. The average Bonchev–Trinajstić information content (AvgIpc) is 2.58. The zero-order valence-corrected chi connectivity index (χ0v) is 17.1. The van der Waals surface area contributed by atoms with Gasteiger partial charge in [-0.05, 0) is 54.7 Å². The molecule has 1 N–H and O–H groups in total. The lowest BCUT2D eigenvalue weighted by atomic mass is 9.99. The van der Waals surface area contributed by atoms with Gasteiger partial charge < -0.3 is 5.32 Å². The van der Waals surface area contributed by atoms with Gasteiger partial charge in [-0.25, -0.2) is 0 Å². The van der Waals surface area contributed by atoms with Crippen LogP contribution in [0.15, 0.2) is 36.4 Å². The van der Waals surface area contributed by atoms with Crippen molar-refractivity contribution >= 4 is 40.9 Å². The Morgan fingerprint density at radius 3 is 2.48 bits per heavy atom. The van der Waals surface area contributed by atoms with Crippen LogP contribution in [0.3, 0.4) is 0 Å². The Labute approximate surface area is 164 Å². The van der Waals surface area contributed by atoms with Crippen molar-refractivity contribution in [3.05, 3.63) is 68.7 Å². The molecule has 0 spiro atoms. The molecular formula is C20H23Cl2NOS. The van der Waals surface area contributed by atoms with Gasteiger partial charge in [0.2, 0.25) is 5.91 Å². The van der Waals surface area contributed by atoms with Gasteiger partial charge in [-0.1, -0.05) is 54.4 Å². The van der Waals surface area contributed by atoms with E-state index in [1.54, 1.807) is 17.8 Å². The molecule has 134 valence electrons. The van der Waals surface area contributed by atoms with Crippen molar-refractivity contribution in [2.45, 2.75) is 39.0 Å². The molecule has 0 saturated carbocycles. The minimum atomic E-state index is 0.0511. The number of aryl methyl sites for hydroxylation is 2. The first-order valence-corrected chi connectivity index (χ1v) is 10.2. The largest absolute Gasteiger partial charge is 0.349 e. The molecule has 0 saturated heterocycles. The van der Waals surface area contributed by atoms with E-state index in [1.165, 1.54) is 11.1 Å². The lowest BCUT2D eigenvalue weighted by Gasteiger charge is -2.18. The second-order valence-electron chi connectivity index (χ2n) is 6.11. The van der Waals surface area contributed by atoms with Gasteiger partial charge in [-0.2, -0.15) is 0 Å². The molecule has 0 fully saturated rings. The number of carbonyl (C=O) groups excluding carboxylic acids is 1. The molecule has 0 radical (unpaired) electrons. The van der Waals surface area contributed by atoms with Crippen molar-refractivity contribution in [3.63, 3.8) is 0 Å². The maximum Gasteiger partial charge on any atom is 0.230 e. The van der Waals surface area contributed by atoms with Crippen LogP contribution in [-0.2, 0) is 10.5 Å². The normalized spacial score (nSPS) is 12.0. The van der Waals surface area contributed by atoms with Gasteiger partial charge in [0.15, 0.2) is 0 Å². The van der Waals surface area contributed by atoms with E-state index in [2.05, 4.69) is 44.3 Å². The van der Waals surface area contributed by atoms with Crippen molar-refractivity contribution in [3.8, 4) is 0 Å². The SMILES string of the molecule is CC[C@H](NC(=O)CSCc1ccc(Cl)c(Cl)c1)c1ccc(C)c(C)c1. The van der Waals surface area contributed by atoms with Crippen molar-refractivity contribution < 1.29 is 4.79 Å². The van der Waals surface area contributed by atoms with E-state index in [-0.39, 0.29) is 11.9 Å².